The number of hydrogen-bond donors (Lipinski definition) is 2. The van der Waals surface area contributed by atoms with Crippen molar-refractivity contribution in [1.82, 2.24) is 30.6 Å². The predicted molar refractivity (Wildman–Crippen MR) is 86.0 cm³/mol. The summed E-state index contributed by atoms with van der Waals surface area (Å²) in [6, 6.07) is 4.53. The van der Waals surface area contributed by atoms with E-state index in [1.165, 1.54) is 6.33 Å². The first kappa shape index (κ1) is 16.7. The van der Waals surface area contributed by atoms with Gasteiger partial charge in [0.25, 0.3) is 5.82 Å². The van der Waals surface area contributed by atoms with Gasteiger partial charge in [0.15, 0.2) is 0 Å². The summed E-state index contributed by atoms with van der Waals surface area (Å²) in [4.78, 5) is 11.5. The molecule has 7 nitrogen and oxygen atoms in total. The Bertz CT molecular complexity index is 928. The number of anilines is 1. The van der Waals surface area contributed by atoms with E-state index in [2.05, 4.69) is 30.6 Å². The molecule has 2 aromatic heterocycles. The van der Waals surface area contributed by atoms with E-state index in [-0.39, 0.29) is 5.82 Å². The maximum atomic E-state index is 12.8. The van der Waals surface area contributed by atoms with Crippen molar-refractivity contribution in [2.24, 2.45) is 0 Å². The molecule has 0 bridgehead atoms. The molecule has 3 heterocycles. The molecule has 2 N–H and O–H groups in total. The van der Waals surface area contributed by atoms with Crippen molar-refractivity contribution in [1.29, 1.82) is 0 Å². The summed E-state index contributed by atoms with van der Waals surface area (Å²) < 4.78 is 38.4. The molecule has 3 aromatic rings. The van der Waals surface area contributed by atoms with E-state index in [1.807, 2.05) is 0 Å². The molecule has 1 atom stereocenters. The smallest absolute Gasteiger partial charge is 0.302 e. The number of benzene rings is 1. The average molecular weight is 382 g/mol. The van der Waals surface area contributed by atoms with Gasteiger partial charge in [0.2, 0.25) is 0 Å². The molecule has 0 aliphatic carbocycles. The molecule has 0 saturated carbocycles. The van der Waals surface area contributed by atoms with Gasteiger partial charge >= 0.3 is 6.18 Å². The minimum atomic E-state index is -4.61. The number of rotatable bonds is 3. The van der Waals surface area contributed by atoms with Crippen molar-refractivity contribution >= 4 is 17.3 Å². The molecule has 134 valence electrons. The zero-order valence-electron chi connectivity index (χ0n) is 13.0. The number of hydrazine groups is 1. The molecule has 26 heavy (non-hydrogen) atoms. The van der Waals surface area contributed by atoms with E-state index >= 15 is 0 Å². The van der Waals surface area contributed by atoms with Crippen LogP contribution < -0.4 is 10.4 Å². The Morgan fingerprint density at radius 1 is 1.19 bits per heavy atom. The van der Waals surface area contributed by atoms with Gasteiger partial charge < -0.3 is 5.01 Å². The highest BCUT2D eigenvalue weighted by molar-refractivity contribution is 6.30. The van der Waals surface area contributed by atoms with Crippen LogP contribution in [0.25, 0.3) is 0 Å². The fourth-order valence-electron chi connectivity index (χ4n) is 2.75. The van der Waals surface area contributed by atoms with Gasteiger partial charge in [0.05, 0.1) is 12.2 Å². The van der Waals surface area contributed by atoms with Crippen LogP contribution in [0, 0.1) is 0 Å². The normalized spacial score (nSPS) is 16.8. The van der Waals surface area contributed by atoms with Crippen LogP contribution in [0.1, 0.15) is 28.8 Å². The number of fused-ring (bicyclic) bond motifs is 1. The van der Waals surface area contributed by atoms with Gasteiger partial charge in [0.1, 0.15) is 18.2 Å². The Labute approximate surface area is 150 Å². The number of halogens is 4. The van der Waals surface area contributed by atoms with E-state index < -0.39 is 18.0 Å². The van der Waals surface area contributed by atoms with E-state index in [0.717, 1.165) is 16.8 Å². The van der Waals surface area contributed by atoms with Gasteiger partial charge in [-0.05, 0) is 12.1 Å². The maximum absolute atomic E-state index is 12.8. The molecule has 1 unspecified atom stereocenters. The Morgan fingerprint density at radius 2 is 1.96 bits per heavy atom. The second kappa shape index (κ2) is 6.22. The third-order valence-corrected chi connectivity index (χ3v) is 4.10. The van der Waals surface area contributed by atoms with E-state index in [9.17, 15) is 13.2 Å². The van der Waals surface area contributed by atoms with Gasteiger partial charge in [-0.2, -0.15) is 13.2 Å². The summed E-state index contributed by atoms with van der Waals surface area (Å²) in [5.41, 5.74) is 5.42. The number of nitrogens with zero attached hydrogens (tertiary/aromatic N) is 5. The second-order valence-electron chi connectivity index (χ2n) is 5.64. The van der Waals surface area contributed by atoms with Gasteiger partial charge in [-0.15, -0.1) is 5.10 Å². The molecule has 0 saturated heterocycles. The van der Waals surface area contributed by atoms with Gasteiger partial charge in [-0.25, -0.2) is 20.4 Å². The molecule has 4 rings (SSSR count). The van der Waals surface area contributed by atoms with Crippen molar-refractivity contribution in [2.45, 2.75) is 18.8 Å². The summed E-state index contributed by atoms with van der Waals surface area (Å²) in [6.07, 6.45) is 0.115. The molecular formula is C15H11ClF3N7. The fraction of sp³-hybridized carbons (Fsp3) is 0.200. The monoisotopic (exact) mass is 381 g/mol. The highest BCUT2D eigenvalue weighted by Crippen LogP contribution is 2.38. The fourth-order valence-corrected chi connectivity index (χ4v) is 2.92. The highest BCUT2D eigenvalue weighted by Gasteiger charge is 2.38. The van der Waals surface area contributed by atoms with Crippen molar-refractivity contribution in [3.8, 4) is 0 Å². The third kappa shape index (κ3) is 3.08. The zero-order chi connectivity index (χ0) is 18.3. The third-order valence-electron chi connectivity index (χ3n) is 3.86. The lowest BCUT2D eigenvalue weighted by Crippen LogP contribution is -2.34. The predicted octanol–water partition coefficient (Wildman–Crippen LogP) is 2.88. The van der Waals surface area contributed by atoms with Gasteiger partial charge in [-0.3, -0.25) is 5.10 Å². The lowest BCUT2D eigenvalue weighted by molar-refractivity contribution is -0.144. The zero-order valence-corrected chi connectivity index (χ0v) is 13.8. The first-order chi connectivity index (χ1) is 12.4. The minimum absolute atomic E-state index is 0.0627. The summed E-state index contributed by atoms with van der Waals surface area (Å²) in [5, 5.41) is 7.90. The highest BCUT2D eigenvalue weighted by atomic mass is 35.5. The topological polar surface area (TPSA) is 82.6 Å². The molecule has 1 aliphatic rings. The van der Waals surface area contributed by atoms with Crippen LogP contribution in [-0.2, 0) is 12.7 Å². The minimum Gasteiger partial charge on any atom is -0.302 e. The molecule has 11 heteroatoms. The lowest BCUT2D eigenvalue weighted by atomic mass is 10.1. The summed E-state index contributed by atoms with van der Waals surface area (Å²) in [5.74, 6) is -1.15. The molecule has 0 radical (unpaired) electrons. The molecule has 0 amide bonds. The quantitative estimate of drug-likeness (QED) is 0.726. The molecular weight excluding hydrogens is 371 g/mol. The maximum Gasteiger partial charge on any atom is 0.453 e. The van der Waals surface area contributed by atoms with Crippen molar-refractivity contribution in [3.05, 3.63) is 64.7 Å². The number of nitrogens with one attached hydrogen (secondary N) is 2. The number of H-pyrrole nitrogens is 1. The van der Waals surface area contributed by atoms with E-state index in [0.29, 0.717) is 11.6 Å². The van der Waals surface area contributed by atoms with Crippen molar-refractivity contribution < 1.29 is 13.2 Å². The van der Waals surface area contributed by atoms with E-state index in [1.54, 1.807) is 35.6 Å². The molecule has 1 aromatic carbocycles. The first-order valence-corrected chi connectivity index (χ1v) is 7.86. The van der Waals surface area contributed by atoms with Crippen LogP contribution in [0.15, 0.2) is 36.9 Å². The SMILES string of the molecule is FC(F)(F)c1n[nH]c(C2NN(Cc3cncnc3)c3cc(Cl)ccc32)n1. The Morgan fingerprint density at radius 3 is 2.65 bits per heavy atom. The van der Waals surface area contributed by atoms with Crippen LogP contribution in [-0.4, -0.2) is 25.1 Å². The van der Waals surface area contributed by atoms with E-state index in [4.69, 9.17) is 11.6 Å². The number of aromatic amines is 1. The summed E-state index contributed by atoms with van der Waals surface area (Å²) in [6.45, 7) is 0.394. The molecule has 1 aliphatic heterocycles. The van der Waals surface area contributed by atoms with Crippen molar-refractivity contribution in [2.75, 3.05) is 5.01 Å². The lowest BCUT2D eigenvalue weighted by Gasteiger charge is -2.20. The standard InChI is InChI=1S/C15H11ClF3N7/c16-9-1-2-10-11(3-9)26(6-8-4-20-7-21-5-8)25-12(10)13-22-14(24-23-13)15(17,18)19/h1-5,7,12,25H,6H2,(H,22,23,24). The van der Waals surface area contributed by atoms with Crippen molar-refractivity contribution in [3.63, 3.8) is 0 Å². The number of alkyl halides is 3. The van der Waals surface area contributed by atoms with Crippen LogP contribution >= 0.6 is 11.6 Å². The molecule has 0 fully saturated rings. The van der Waals surface area contributed by atoms with Gasteiger partial charge in [-0.1, -0.05) is 17.7 Å². The van der Waals surface area contributed by atoms with Crippen LogP contribution in [0.3, 0.4) is 0 Å². The Kier molecular flexibility index (Phi) is 4.00. The first-order valence-electron chi connectivity index (χ1n) is 7.48. The van der Waals surface area contributed by atoms with Crippen LogP contribution in [0.5, 0.6) is 0 Å². The van der Waals surface area contributed by atoms with Crippen LogP contribution in [0.4, 0.5) is 18.9 Å². The van der Waals surface area contributed by atoms with Gasteiger partial charge in [0, 0.05) is 28.5 Å². The second-order valence-corrected chi connectivity index (χ2v) is 6.08. The summed E-state index contributed by atoms with van der Waals surface area (Å²) >= 11 is 6.09. The number of aromatic nitrogens is 5. The Balaban J connectivity index is 1.69. The largest absolute Gasteiger partial charge is 0.453 e. The summed E-state index contributed by atoms with van der Waals surface area (Å²) in [7, 11) is 0. The number of hydrogen-bond acceptors (Lipinski definition) is 6. The van der Waals surface area contributed by atoms with Crippen LogP contribution in [0.2, 0.25) is 5.02 Å². The average Bonchev–Trinajstić information content (AvgIpc) is 3.21. The Hall–Kier alpha value is -2.72. The molecule has 0 spiro atoms.